The van der Waals surface area contributed by atoms with Gasteiger partial charge in [0, 0.05) is 60.6 Å². The van der Waals surface area contributed by atoms with E-state index in [4.69, 9.17) is 0 Å². The number of hydrogen-bond donors (Lipinski definition) is 1. The SMILES string of the molecule is CCCCN1CC(N(C)c2cc(F)c([C@@H]3c4[nH]c5ccccc5c4C[C@@H](C)N3CC(C)(C)F)c(F)c2)C1. The number of para-hydroxylation sites is 1. The van der Waals surface area contributed by atoms with Gasteiger partial charge in [-0.1, -0.05) is 31.5 Å². The van der Waals surface area contributed by atoms with Gasteiger partial charge in [-0.15, -0.1) is 0 Å². The van der Waals surface area contributed by atoms with Crippen molar-refractivity contribution in [2.45, 2.75) is 70.8 Å². The van der Waals surface area contributed by atoms with E-state index in [0.29, 0.717) is 12.1 Å². The molecule has 0 unspecified atom stereocenters. The fourth-order valence-electron chi connectivity index (χ4n) is 6.10. The normalized spacial score (nSPS) is 21.3. The van der Waals surface area contributed by atoms with Crippen molar-refractivity contribution in [3.63, 3.8) is 0 Å². The zero-order valence-corrected chi connectivity index (χ0v) is 22.6. The van der Waals surface area contributed by atoms with Gasteiger partial charge in [-0.2, -0.15) is 0 Å². The topological polar surface area (TPSA) is 25.5 Å². The van der Waals surface area contributed by atoms with Gasteiger partial charge < -0.3 is 9.88 Å². The molecular weight excluding hydrogens is 473 g/mol. The summed E-state index contributed by atoms with van der Waals surface area (Å²) in [5, 5.41) is 1.06. The van der Waals surface area contributed by atoms with Gasteiger partial charge in [0.05, 0.1) is 12.1 Å². The van der Waals surface area contributed by atoms with E-state index in [-0.39, 0.29) is 24.2 Å². The number of likely N-dealkylation sites (tertiary alicyclic amines) is 1. The molecule has 0 saturated carbocycles. The molecule has 2 atom stereocenters. The molecule has 0 spiro atoms. The van der Waals surface area contributed by atoms with Crippen LogP contribution in [0.15, 0.2) is 36.4 Å². The number of H-pyrrole nitrogens is 1. The Hall–Kier alpha value is -2.51. The van der Waals surface area contributed by atoms with Crippen molar-refractivity contribution in [2.24, 2.45) is 0 Å². The standard InChI is InChI=1S/C30H39F3N4/c1-6-7-12-36-16-21(17-36)35(5)20-14-24(31)27(25(32)15-20)29-28-23(22-10-8-9-11-26(22)34-28)13-19(2)37(29)18-30(3,4)33/h8-11,14-15,19,21,29,34H,6-7,12-13,16-18H2,1-5H3/t19-,29-/m1/s1. The quantitative estimate of drug-likeness (QED) is 0.376. The van der Waals surface area contributed by atoms with E-state index in [2.05, 4.69) is 16.8 Å². The summed E-state index contributed by atoms with van der Waals surface area (Å²) in [5.41, 5.74) is 1.75. The highest BCUT2D eigenvalue weighted by atomic mass is 19.1. The van der Waals surface area contributed by atoms with Crippen molar-refractivity contribution in [1.82, 2.24) is 14.8 Å². The predicted octanol–water partition coefficient (Wildman–Crippen LogP) is 6.45. The molecule has 7 heteroatoms. The summed E-state index contributed by atoms with van der Waals surface area (Å²) in [5.74, 6) is -1.18. The first-order valence-electron chi connectivity index (χ1n) is 13.6. The van der Waals surface area contributed by atoms with Crippen LogP contribution in [-0.4, -0.2) is 65.8 Å². The number of benzene rings is 2. The summed E-state index contributed by atoms with van der Waals surface area (Å²) in [6.07, 6.45) is 3.01. The Labute approximate surface area is 218 Å². The number of aromatic nitrogens is 1. The molecule has 0 aliphatic carbocycles. The highest BCUT2D eigenvalue weighted by molar-refractivity contribution is 5.85. The van der Waals surface area contributed by atoms with Gasteiger partial charge in [0.2, 0.25) is 0 Å². The van der Waals surface area contributed by atoms with E-state index in [0.717, 1.165) is 54.6 Å². The van der Waals surface area contributed by atoms with Gasteiger partial charge in [-0.3, -0.25) is 9.80 Å². The lowest BCUT2D eigenvalue weighted by atomic mass is 9.87. The van der Waals surface area contributed by atoms with E-state index < -0.39 is 23.3 Å². The zero-order chi connectivity index (χ0) is 26.5. The van der Waals surface area contributed by atoms with Crippen LogP contribution < -0.4 is 4.90 Å². The van der Waals surface area contributed by atoms with Gasteiger partial charge in [0.25, 0.3) is 0 Å². The molecule has 3 aromatic rings. The van der Waals surface area contributed by atoms with E-state index >= 15 is 8.78 Å². The third kappa shape index (κ3) is 5.00. The average molecular weight is 513 g/mol. The van der Waals surface area contributed by atoms with Gasteiger partial charge in [0.1, 0.15) is 17.3 Å². The lowest BCUT2D eigenvalue weighted by Crippen LogP contribution is -2.58. The molecule has 200 valence electrons. The Morgan fingerprint density at radius 2 is 1.78 bits per heavy atom. The molecule has 0 bridgehead atoms. The number of unbranched alkanes of at least 4 members (excludes halogenated alkanes) is 1. The molecule has 0 radical (unpaired) electrons. The maximum atomic E-state index is 16.0. The van der Waals surface area contributed by atoms with Crippen LogP contribution in [0.4, 0.5) is 18.9 Å². The molecule has 2 aliphatic rings. The second kappa shape index (κ2) is 9.99. The van der Waals surface area contributed by atoms with E-state index in [9.17, 15) is 4.39 Å². The lowest BCUT2D eigenvalue weighted by Gasteiger charge is -2.45. The predicted molar refractivity (Wildman–Crippen MR) is 145 cm³/mol. The van der Waals surface area contributed by atoms with Crippen LogP contribution in [0.5, 0.6) is 0 Å². The summed E-state index contributed by atoms with van der Waals surface area (Å²) >= 11 is 0. The molecule has 1 saturated heterocycles. The fraction of sp³-hybridized carbons (Fsp3) is 0.533. The van der Waals surface area contributed by atoms with Crippen molar-refractivity contribution < 1.29 is 13.2 Å². The van der Waals surface area contributed by atoms with E-state index in [1.54, 1.807) is 0 Å². The zero-order valence-electron chi connectivity index (χ0n) is 22.6. The fourth-order valence-corrected chi connectivity index (χ4v) is 6.10. The molecule has 5 rings (SSSR count). The summed E-state index contributed by atoms with van der Waals surface area (Å²) in [7, 11) is 1.91. The van der Waals surface area contributed by atoms with Crippen LogP contribution in [-0.2, 0) is 6.42 Å². The Kier molecular flexibility index (Phi) is 7.05. The van der Waals surface area contributed by atoms with Crippen LogP contribution in [0.1, 0.15) is 63.4 Å². The molecule has 3 heterocycles. The molecule has 37 heavy (non-hydrogen) atoms. The van der Waals surface area contributed by atoms with Crippen LogP contribution in [0.2, 0.25) is 0 Å². The highest BCUT2D eigenvalue weighted by Gasteiger charge is 2.41. The monoisotopic (exact) mass is 512 g/mol. The van der Waals surface area contributed by atoms with Crippen molar-refractivity contribution in [3.05, 3.63) is 64.9 Å². The highest BCUT2D eigenvalue weighted by Crippen LogP contribution is 2.44. The first-order chi connectivity index (χ1) is 17.6. The molecular formula is C30H39F3N4. The molecule has 2 aliphatic heterocycles. The average Bonchev–Trinajstić information content (AvgIpc) is 3.16. The van der Waals surface area contributed by atoms with Gasteiger partial charge >= 0.3 is 0 Å². The van der Waals surface area contributed by atoms with Crippen molar-refractivity contribution in [1.29, 1.82) is 0 Å². The molecule has 1 aromatic heterocycles. The third-order valence-electron chi connectivity index (χ3n) is 8.13. The number of aromatic amines is 1. The number of halogens is 3. The van der Waals surface area contributed by atoms with Gasteiger partial charge in [-0.05, 0) is 63.9 Å². The Morgan fingerprint density at radius 3 is 2.43 bits per heavy atom. The number of anilines is 1. The Morgan fingerprint density at radius 1 is 1.11 bits per heavy atom. The lowest BCUT2D eigenvalue weighted by molar-refractivity contribution is 0.0643. The number of likely N-dealkylation sites (N-methyl/N-ethyl adjacent to an activating group) is 1. The molecule has 2 aromatic carbocycles. The van der Waals surface area contributed by atoms with E-state index in [1.165, 1.54) is 26.0 Å². The van der Waals surface area contributed by atoms with Crippen molar-refractivity contribution in [2.75, 3.05) is 38.1 Å². The maximum absolute atomic E-state index is 16.0. The largest absolute Gasteiger partial charge is 0.369 e. The maximum Gasteiger partial charge on any atom is 0.133 e. The second-order valence-corrected chi connectivity index (χ2v) is 11.6. The molecule has 4 nitrogen and oxygen atoms in total. The number of hydrogen-bond acceptors (Lipinski definition) is 3. The minimum atomic E-state index is -1.52. The molecule has 1 fully saturated rings. The Bertz CT molecular complexity index is 1230. The number of rotatable bonds is 8. The summed E-state index contributed by atoms with van der Waals surface area (Å²) < 4.78 is 46.9. The van der Waals surface area contributed by atoms with Gasteiger partial charge in [0.15, 0.2) is 0 Å². The first-order valence-corrected chi connectivity index (χ1v) is 13.6. The second-order valence-electron chi connectivity index (χ2n) is 11.6. The number of fused-ring (bicyclic) bond motifs is 3. The number of alkyl halides is 1. The van der Waals surface area contributed by atoms with E-state index in [1.807, 2.05) is 48.0 Å². The van der Waals surface area contributed by atoms with Crippen molar-refractivity contribution in [3.8, 4) is 0 Å². The molecule has 1 N–H and O–H groups in total. The first kappa shape index (κ1) is 26.1. The third-order valence-corrected chi connectivity index (χ3v) is 8.13. The smallest absolute Gasteiger partial charge is 0.133 e. The van der Waals surface area contributed by atoms with Crippen molar-refractivity contribution >= 4 is 16.6 Å². The number of nitrogens with one attached hydrogen (secondary N) is 1. The van der Waals surface area contributed by atoms with Crippen LogP contribution in [0.25, 0.3) is 10.9 Å². The summed E-state index contributed by atoms with van der Waals surface area (Å²) in [6, 6.07) is 10.2. The van der Waals surface area contributed by atoms with Crippen LogP contribution >= 0.6 is 0 Å². The van der Waals surface area contributed by atoms with Crippen LogP contribution in [0.3, 0.4) is 0 Å². The van der Waals surface area contributed by atoms with Gasteiger partial charge in [-0.25, -0.2) is 13.2 Å². The summed E-state index contributed by atoms with van der Waals surface area (Å²) in [6.45, 7) is 10.2. The number of nitrogens with zero attached hydrogens (tertiary/aromatic N) is 3. The Balaban J connectivity index is 1.52. The molecule has 0 amide bonds. The minimum Gasteiger partial charge on any atom is -0.369 e. The minimum absolute atomic E-state index is 0.0149. The van der Waals surface area contributed by atoms with Crippen LogP contribution in [0, 0.1) is 11.6 Å². The summed E-state index contributed by atoms with van der Waals surface area (Å²) in [4.78, 5) is 9.72.